The number of aromatic amines is 1. The first kappa shape index (κ1) is 20.1. The molecule has 0 bridgehead atoms. The van der Waals surface area contributed by atoms with E-state index < -0.39 is 0 Å². The molecular weight excluding hydrogens is 382 g/mol. The van der Waals surface area contributed by atoms with Crippen molar-refractivity contribution in [1.82, 2.24) is 14.8 Å². The van der Waals surface area contributed by atoms with Gasteiger partial charge in [0.25, 0.3) is 5.91 Å². The molecule has 0 spiro atoms. The first-order valence-corrected chi connectivity index (χ1v) is 10.3. The molecule has 2 amide bonds. The Morgan fingerprint density at radius 1 is 1.23 bits per heavy atom. The molecule has 0 radical (unpaired) electrons. The number of rotatable bonds is 6. The van der Waals surface area contributed by atoms with E-state index in [0.717, 1.165) is 35.3 Å². The van der Waals surface area contributed by atoms with Crippen molar-refractivity contribution in [3.8, 4) is 5.75 Å². The molecule has 1 aliphatic heterocycles. The fraction of sp³-hybridized carbons (Fsp3) is 0.391. The minimum atomic E-state index is 0.00452. The highest BCUT2D eigenvalue weighted by molar-refractivity contribution is 5.98. The summed E-state index contributed by atoms with van der Waals surface area (Å²) in [5.41, 5.74) is 1.48. The zero-order chi connectivity index (χ0) is 21.1. The van der Waals surface area contributed by atoms with Gasteiger partial charge in [0.05, 0.1) is 19.9 Å². The number of aromatic nitrogens is 1. The monoisotopic (exact) mass is 409 g/mol. The number of benzene rings is 1. The molecule has 0 saturated carbocycles. The van der Waals surface area contributed by atoms with Gasteiger partial charge < -0.3 is 23.9 Å². The van der Waals surface area contributed by atoms with Crippen molar-refractivity contribution in [3.63, 3.8) is 0 Å². The molecule has 4 rings (SSSR count). The van der Waals surface area contributed by atoms with Gasteiger partial charge in [-0.25, -0.2) is 0 Å². The maximum Gasteiger partial charge on any atom is 0.270 e. The number of piperidine rings is 1. The third-order valence-electron chi connectivity index (χ3n) is 5.82. The number of methoxy groups -OCH3 is 1. The Bertz CT molecular complexity index is 1020. The summed E-state index contributed by atoms with van der Waals surface area (Å²) in [4.78, 5) is 32.2. The lowest BCUT2D eigenvalue weighted by atomic mass is 9.93. The van der Waals surface area contributed by atoms with Crippen LogP contribution >= 0.6 is 0 Å². The Balaban J connectivity index is 1.30. The normalized spacial score (nSPS) is 14.8. The van der Waals surface area contributed by atoms with Crippen molar-refractivity contribution in [2.75, 3.05) is 27.2 Å². The maximum absolute atomic E-state index is 12.9. The molecule has 1 N–H and O–H groups in total. The van der Waals surface area contributed by atoms with Gasteiger partial charge >= 0.3 is 0 Å². The molecule has 30 heavy (non-hydrogen) atoms. The van der Waals surface area contributed by atoms with Crippen LogP contribution in [0.5, 0.6) is 5.75 Å². The summed E-state index contributed by atoms with van der Waals surface area (Å²) in [6.45, 7) is 1.81. The standard InChI is InChI=1S/C23H27N3O4/c1-25(15-19-4-3-11-30-19)22(27)12-16-7-9-26(10-8-16)23(28)21-13-17-5-6-18(29-2)14-20(17)24-21/h3-6,11,13-14,16,24H,7-10,12,15H2,1-2H3. The summed E-state index contributed by atoms with van der Waals surface area (Å²) in [6, 6.07) is 11.3. The van der Waals surface area contributed by atoms with E-state index in [1.807, 2.05) is 41.3 Å². The molecule has 7 nitrogen and oxygen atoms in total. The van der Waals surface area contributed by atoms with Gasteiger partial charge in [0.2, 0.25) is 5.91 Å². The second kappa shape index (κ2) is 8.65. The summed E-state index contributed by atoms with van der Waals surface area (Å²) < 4.78 is 10.6. The highest BCUT2D eigenvalue weighted by Crippen LogP contribution is 2.25. The SMILES string of the molecule is COc1ccc2cc(C(=O)N3CCC(CC(=O)N(C)Cc4ccco4)CC3)[nH]c2c1. The second-order valence-corrected chi connectivity index (χ2v) is 7.91. The van der Waals surface area contributed by atoms with Crippen LogP contribution in [0, 0.1) is 5.92 Å². The third-order valence-corrected chi connectivity index (χ3v) is 5.82. The molecule has 1 aromatic carbocycles. The number of nitrogens with zero attached hydrogens (tertiary/aromatic N) is 2. The second-order valence-electron chi connectivity index (χ2n) is 7.91. The van der Waals surface area contributed by atoms with Crippen molar-refractivity contribution in [1.29, 1.82) is 0 Å². The fourth-order valence-electron chi connectivity index (χ4n) is 3.99. The quantitative estimate of drug-likeness (QED) is 0.674. The molecule has 1 aliphatic rings. The topological polar surface area (TPSA) is 78.8 Å². The Kier molecular flexibility index (Phi) is 5.79. The van der Waals surface area contributed by atoms with E-state index in [1.165, 1.54) is 0 Å². The first-order valence-electron chi connectivity index (χ1n) is 10.3. The molecule has 7 heteroatoms. The van der Waals surface area contributed by atoms with Crippen molar-refractivity contribution >= 4 is 22.7 Å². The number of ether oxygens (including phenoxy) is 1. The molecule has 0 atom stereocenters. The smallest absolute Gasteiger partial charge is 0.270 e. The van der Waals surface area contributed by atoms with Gasteiger partial charge in [0, 0.05) is 43.5 Å². The maximum atomic E-state index is 12.9. The number of hydrogen-bond donors (Lipinski definition) is 1. The number of likely N-dealkylation sites (tertiary alicyclic amines) is 1. The Morgan fingerprint density at radius 2 is 2.03 bits per heavy atom. The molecule has 2 aromatic heterocycles. The highest BCUT2D eigenvalue weighted by atomic mass is 16.5. The van der Waals surface area contributed by atoms with E-state index in [2.05, 4.69) is 4.98 Å². The van der Waals surface area contributed by atoms with Crippen LogP contribution in [0.4, 0.5) is 0 Å². The van der Waals surface area contributed by atoms with Gasteiger partial charge in [-0.3, -0.25) is 9.59 Å². The lowest BCUT2D eigenvalue weighted by molar-refractivity contribution is -0.131. The van der Waals surface area contributed by atoms with Crippen LogP contribution in [0.3, 0.4) is 0 Å². The number of H-pyrrole nitrogens is 1. The summed E-state index contributed by atoms with van der Waals surface area (Å²) >= 11 is 0. The molecule has 1 fully saturated rings. The molecular formula is C23H27N3O4. The number of amides is 2. The van der Waals surface area contributed by atoms with Crippen LogP contribution < -0.4 is 4.74 Å². The Morgan fingerprint density at radius 3 is 2.73 bits per heavy atom. The molecule has 0 aliphatic carbocycles. The molecule has 3 aromatic rings. The van der Waals surface area contributed by atoms with Gasteiger partial charge in [0.15, 0.2) is 0 Å². The van der Waals surface area contributed by atoms with Crippen LogP contribution in [0.15, 0.2) is 47.1 Å². The number of nitrogens with one attached hydrogen (secondary N) is 1. The van der Waals surface area contributed by atoms with Crippen LogP contribution in [0.1, 0.15) is 35.5 Å². The minimum absolute atomic E-state index is 0.00452. The molecule has 0 unspecified atom stereocenters. The predicted octanol–water partition coefficient (Wildman–Crippen LogP) is 3.67. The third kappa shape index (κ3) is 4.35. The van der Waals surface area contributed by atoms with E-state index >= 15 is 0 Å². The van der Waals surface area contributed by atoms with Gasteiger partial charge in [-0.1, -0.05) is 0 Å². The zero-order valence-corrected chi connectivity index (χ0v) is 17.4. The van der Waals surface area contributed by atoms with Crippen molar-refractivity contribution < 1.29 is 18.7 Å². The average Bonchev–Trinajstić information content (AvgIpc) is 3.42. The van der Waals surface area contributed by atoms with Crippen LogP contribution in [0.2, 0.25) is 0 Å². The summed E-state index contributed by atoms with van der Waals surface area (Å²) in [7, 11) is 3.42. The van der Waals surface area contributed by atoms with Gasteiger partial charge in [-0.2, -0.15) is 0 Å². The van der Waals surface area contributed by atoms with Gasteiger partial charge in [0.1, 0.15) is 17.2 Å². The molecule has 1 saturated heterocycles. The van der Waals surface area contributed by atoms with Gasteiger partial charge in [-0.15, -0.1) is 0 Å². The average molecular weight is 409 g/mol. The molecule has 158 valence electrons. The summed E-state index contributed by atoms with van der Waals surface area (Å²) in [5, 5.41) is 0.985. The number of fused-ring (bicyclic) bond motifs is 1. The summed E-state index contributed by atoms with van der Waals surface area (Å²) in [5.74, 6) is 1.95. The van der Waals surface area contributed by atoms with E-state index in [1.54, 1.807) is 25.3 Å². The Labute approximate surface area is 175 Å². The van der Waals surface area contributed by atoms with Crippen molar-refractivity contribution in [3.05, 3.63) is 54.1 Å². The predicted molar refractivity (Wildman–Crippen MR) is 113 cm³/mol. The van der Waals surface area contributed by atoms with Gasteiger partial charge in [-0.05, 0) is 49.1 Å². The van der Waals surface area contributed by atoms with E-state index in [0.29, 0.717) is 37.7 Å². The number of hydrogen-bond acceptors (Lipinski definition) is 4. The summed E-state index contributed by atoms with van der Waals surface area (Å²) in [6.07, 6.45) is 3.79. The number of carbonyl (C=O) groups is 2. The fourth-order valence-corrected chi connectivity index (χ4v) is 3.99. The lowest BCUT2D eigenvalue weighted by Gasteiger charge is -2.32. The van der Waals surface area contributed by atoms with Crippen LogP contribution in [-0.4, -0.2) is 53.8 Å². The Hall–Kier alpha value is -3.22. The van der Waals surface area contributed by atoms with Crippen molar-refractivity contribution in [2.45, 2.75) is 25.8 Å². The minimum Gasteiger partial charge on any atom is -0.497 e. The van der Waals surface area contributed by atoms with E-state index in [-0.39, 0.29) is 11.8 Å². The number of carbonyl (C=O) groups excluding carboxylic acids is 2. The van der Waals surface area contributed by atoms with Crippen LogP contribution in [0.25, 0.3) is 10.9 Å². The van der Waals surface area contributed by atoms with E-state index in [4.69, 9.17) is 9.15 Å². The zero-order valence-electron chi connectivity index (χ0n) is 17.4. The molecule has 3 heterocycles. The largest absolute Gasteiger partial charge is 0.497 e. The van der Waals surface area contributed by atoms with E-state index in [9.17, 15) is 9.59 Å². The highest BCUT2D eigenvalue weighted by Gasteiger charge is 2.27. The number of furan rings is 1. The van der Waals surface area contributed by atoms with Crippen molar-refractivity contribution in [2.24, 2.45) is 5.92 Å². The van der Waals surface area contributed by atoms with Crippen LogP contribution in [-0.2, 0) is 11.3 Å². The first-order chi connectivity index (χ1) is 14.5. The lowest BCUT2D eigenvalue weighted by Crippen LogP contribution is -2.40.